The molecule has 166 valence electrons. The second-order valence-corrected chi connectivity index (χ2v) is 10.4. The summed E-state index contributed by atoms with van der Waals surface area (Å²) >= 11 is 1.54. The molecule has 1 N–H and O–H groups in total. The highest BCUT2D eigenvalue weighted by Gasteiger charge is 2.30. The van der Waals surface area contributed by atoms with Gasteiger partial charge in [0.15, 0.2) is 0 Å². The van der Waals surface area contributed by atoms with E-state index >= 15 is 0 Å². The van der Waals surface area contributed by atoms with E-state index in [2.05, 4.69) is 5.32 Å². The number of hydrogen-bond donors (Lipinski definition) is 1. The predicted molar refractivity (Wildman–Crippen MR) is 126 cm³/mol. The number of anilines is 1. The number of para-hydroxylation sites is 1. The van der Waals surface area contributed by atoms with Gasteiger partial charge in [0.2, 0.25) is 10.0 Å². The molecule has 0 bridgehead atoms. The van der Waals surface area contributed by atoms with Gasteiger partial charge in [-0.25, -0.2) is 8.42 Å². The molecule has 0 unspecified atom stereocenters. The van der Waals surface area contributed by atoms with Gasteiger partial charge in [0.25, 0.3) is 5.91 Å². The van der Waals surface area contributed by atoms with Gasteiger partial charge in [0, 0.05) is 28.4 Å². The fourth-order valence-electron chi connectivity index (χ4n) is 3.56. The number of carbonyl (C=O) groups excluding carboxylic acids is 1. The second kappa shape index (κ2) is 9.77. The van der Waals surface area contributed by atoms with E-state index < -0.39 is 10.0 Å². The van der Waals surface area contributed by atoms with Crippen LogP contribution in [-0.4, -0.2) is 38.8 Å². The minimum atomic E-state index is -3.73. The molecule has 4 rings (SSSR count). The number of rotatable bonds is 7. The highest BCUT2D eigenvalue weighted by atomic mass is 32.2. The molecular weight excluding hydrogens is 444 g/mol. The zero-order valence-electron chi connectivity index (χ0n) is 17.7. The first-order valence-corrected chi connectivity index (χ1v) is 12.6. The summed E-state index contributed by atoms with van der Waals surface area (Å²) in [5, 5.41) is 2.92. The van der Waals surface area contributed by atoms with Gasteiger partial charge < -0.3 is 10.1 Å². The fourth-order valence-corrected chi connectivity index (χ4v) is 6.18. The van der Waals surface area contributed by atoms with Crippen LogP contribution in [0.3, 0.4) is 0 Å². The number of sulfonamides is 1. The van der Waals surface area contributed by atoms with Gasteiger partial charge in [-0.15, -0.1) is 0 Å². The van der Waals surface area contributed by atoms with Gasteiger partial charge >= 0.3 is 0 Å². The van der Waals surface area contributed by atoms with Crippen molar-refractivity contribution in [3.05, 3.63) is 78.4 Å². The van der Waals surface area contributed by atoms with E-state index in [9.17, 15) is 13.2 Å². The van der Waals surface area contributed by atoms with Gasteiger partial charge in [-0.05, 0) is 55.3 Å². The lowest BCUT2D eigenvalue weighted by Crippen LogP contribution is -2.28. The second-order valence-electron chi connectivity index (χ2n) is 7.34. The zero-order valence-corrected chi connectivity index (χ0v) is 19.3. The number of hydrogen-bond acceptors (Lipinski definition) is 5. The molecule has 1 aliphatic heterocycles. The molecule has 32 heavy (non-hydrogen) atoms. The van der Waals surface area contributed by atoms with Gasteiger partial charge in [0.1, 0.15) is 10.6 Å². The van der Waals surface area contributed by atoms with E-state index in [0.29, 0.717) is 18.8 Å². The summed E-state index contributed by atoms with van der Waals surface area (Å²) in [7, 11) is -2.31. The van der Waals surface area contributed by atoms with Crippen LogP contribution in [0.1, 0.15) is 23.2 Å². The SMILES string of the molecule is COc1ccc(C(=O)Nc2ccccc2Sc2ccccc2)cc1S(=O)(=O)N1CCCC1. The predicted octanol–water partition coefficient (Wildman–Crippen LogP) is 4.88. The Morgan fingerprint density at radius 3 is 2.38 bits per heavy atom. The number of methoxy groups -OCH3 is 1. The molecule has 1 saturated heterocycles. The average molecular weight is 469 g/mol. The first-order valence-electron chi connectivity index (χ1n) is 10.3. The maximum atomic E-state index is 13.1. The molecule has 3 aromatic carbocycles. The van der Waals surface area contributed by atoms with Crippen LogP contribution in [0.2, 0.25) is 0 Å². The van der Waals surface area contributed by atoms with Crippen LogP contribution >= 0.6 is 11.8 Å². The topological polar surface area (TPSA) is 75.7 Å². The van der Waals surface area contributed by atoms with Crippen molar-refractivity contribution in [1.29, 1.82) is 0 Å². The van der Waals surface area contributed by atoms with Crippen molar-refractivity contribution in [1.82, 2.24) is 4.31 Å². The van der Waals surface area contributed by atoms with E-state index in [1.807, 2.05) is 54.6 Å². The third kappa shape index (κ3) is 4.82. The smallest absolute Gasteiger partial charge is 0.255 e. The van der Waals surface area contributed by atoms with Crippen molar-refractivity contribution in [2.75, 3.05) is 25.5 Å². The lowest BCUT2D eigenvalue weighted by Gasteiger charge is -2.18. The molecule has 0 aromatic heterocycles. The molecule has 3 aromatic rings. The van der Waals surface area contributed by atoms with Crippen molar-refractivity contribution < 1.29 is 17.9 Å². The van der Waals surface area contributed by atoms with Crippen LogP contribution in [0.4, 0.5) is 5.69 Å². The van der Waals surface area contributed by atoms with Crippen molar-refractivity contribution in [2.24, 2.45) is 0 Å². The summed E-state index contributed by atoms with van der Waals surface area (Å²) < 4.78 is 33.0. The standard InChI is InChI=1S/C24H24N2O4S2/c1-30-21-14-13-18(17-23(21)32(28,29)26-15-7-8-16-26)24(27)25-20-11-5-6-12-22(20)31-19-9-3-2-4-10-19/h2-6,9-14,17H,7-8,15-16H2,1H3,(H,25,27). The normalized spacial score (nSPS) is 14.3. The van der Waals surface area contributed by atoms with Crippen LogP contribution in [0.25, 0.3) is 0 Å². The lowest BCUT2D eigenvalue weighted by atomic mass is 10.2. The Morgan fingerprint density at radius 1 is 0.969 bits per heavy atom. The van der Waals surface area contributed by atoms with Crippen molar-refractivity contribution in [3.63, 3.8) is 0 Å². The molecule has 1 aliphatic rings. The van der Waals surface area contributed by atoms with Crippen molar-refractivity contribution in [3.8, 4) is 5.75 Å². The fraction of sp³-hybridized carbons (Fsp3) is 0.208. The zero-order chi connectivity index (χ0) is 22.6. The molecule has 0 saturated carbocycles. The lowest BCUT2D eigenvalue weighted by molar-refractivity contribution is 0.102. The van der Waals surface area contributed by atoms with Gasteiger partial charge in [-0.1, -0.05) is 42.1 Å². The highest BCUT2D eigenvalue weighted by molar-refractivity contribution is 7.99. The first kappa shape index (κ1) is 22.4. The Morgan fingerprint density at radius 2 is 1.66 bits per heavy atom. The molecule has 1 amide bonds. The molecule has 0 atom stereocenters. The van der Waals surface area contributed by atoms with Crippen LogP contribution < -0.4 is 10.1 Å². The van der Waals surface area contributed by atoms with E-state index in [1.165, 1.54) is 23.5 Å². The monoisotopic (exact) mass is 468 g/mol. The highest BCUT2D eigenvalue weighted by Crippen LogP contribution is 2.34. The Hall–Kier alpha value is -2.81. The van der Waals surface area contributed by atoms with Crippen LogP contribution in [0, 0.1) is 0 Å². The number of amides is 1. The summed E-state index contributed by atoms with van der Waals surface area (Å²) in [6.07, 6.45) is 1.66. The maximum absolute atomic E-state index is 13.1. The average Bonchev–Trinajstić information content (AvgIpc) is 3.36. The van der Waals surface area contributed by atoms with Crippen molar-refractivity contribution >= 4 is 33.4 Å². The number of benzene rings is 3. The molecule has 0 spiro atoms. The molecular formula is C24H24N2O4S2. The van der Waals surface area contributed by atoms with Crippen LogP contribution in [0.15, 0.2) is 87.5 Å². The van der Waals surface area contributed by atoms with Crippen LogP contribution in [0.5, 0.6) is 5.75 Å². The molecule has 0 aliphatic carbocycles. The number of nitrogens with zero attached hydrogens (tertiary/aromatic N) is 1. The van der Waals surface area contributed by atoms with Gasteiger partial charge in [-0.3, -0.25) is 4.79 Å². The molecule has 6 nitrogen and oxygen atoms in total. The Bertz CT molecular complexity index is 1210. The summed E-state index contributed by atoms with van der Waals surface area (Å²) in [5.41, 5.74) is 0.911. The minimum Gasteiger partial charge on any atom is -0.495 e. The summed E-state index contributed by atoms with van der Waals surface area (Å²) in [6, 6.07) is 21.9. The molecule has 0 radical (unpaired) electrons. The quantitative estimate of drug-likeness (QED) is 0.535. The maximum Gasteiger partial charge on any atom is 0.255 e. The number of carbonyl (C=O) groups is 1. The van der Waals surface area contributed by atoms with E-state index in [1.54, 1.807) is 17.8 Å². The Labute approximate surface area is 192 Å². The molecule has 1 heterocycles. The van der Waals surface area contributed by atoms with Gasteiger partial charge in [-0.2, -0.15) is 4.31 Å². The first-order chi connectivity index (χ1) is 15.5. The van der Waals surface area contributed by atoms with E-state index in [0.717, 1.165) is 22.6 Å². The minimum absolute atomic E-state index is 0.0153. The van der Waals surface area contributed by atoms with E-state index in [-0.39, 0.29) is 22.1 Å². The summed E-state index contributed by atoms with van der Waals surface area (Å²) in [6.45, 7) is 0.956. The third-order valence-corrected chi connectivity index (χ3v) is 8.22. The molecule has 8 heteroatoms. The summed E-state index contributed by atoms with van der Waals surface area (Å²) in [5.74, 6) is -0.153. The summed E-state index contributed by atoms with van der Waals surface area (Å²) in [4.78, 5) is 15.0. The number of ether oxygens (including phenoxy) is 1. The third-order valence-electron chi connectivity index (χ3n) is 5.21. The Kier molecular flexibility index (Phi) is 6.83. The largest absolute Gasteiger partial charge is 0.495 e. The van der Waals surface area contributed by atoms with Gasteiger partial charge in [0.05, 0.1) is 12.8 Å². The Balaban J connectivity index is 1.61. The van der Waals surface area contributed by atoms with E-state index in [4.69, 9.17) is 4.74 Å². The van der Waals surface area contributed by atoms with Crippen LogP contribution in [-0.2, 0) is 10.0 Å². The molecule has 1 fully saturated rings. The number of nitrogens with one attached hydrogen (secondary N) is 1. The van der Waals surface area contributed by atoms with Crippen molar-refractivity contribution in [2.45, 2.75) is 27.5 Å².